The average molecular weight is 282 g/mol. The summed E-state index contributed by atoms with van der Waals surface area (Å²) in [6.45, 7) is 2.19. The highest BCUT2D eigenvalue weighted by Crippen LogP contribution is 2.25. The van der Waals surface area contributed by atoms with E-state index in [1.807, 2.05) is 0 Å². The molecule has 0 aliphatic rings. The van der Waals surface area contributed by atoms with E-state index >= 15 is 0 Å². The van der Waals surface area contributed by atoms with E-state index in [0.29, 0.717) is 4.31 Å². The molecule has 0 atom stereocenters. The summed E-state index contributed by atoms with van der Waals surface area (Å²) >= 11 is 5.31. The van der Waals surface area contributed by atoms with Gasteiger partial charge in [-0.3, -0.25) is 0 Å². The second kappa shape index (κ2) is 5.10. The molecule has 0 heterocycles. The summed E-state index contributed by atoms with van der Waals surface area (Å²) < 4.78 is 59.3. The number of hydrogen-bond donors (Lipinski definition) is 0. The average Bonchev–Trinajstić information content (AvgIpc) is 1.98. The van der Waals surface area contributed by atoms with Gasteiger partial charge in [-0.2, -0.15) is 17.5 Å². The van der Waals surface area contributed by atoms with Crippen LogP contribution in [0.4, 0.5) is 13.2 Å². The molecule has 0 unspecified atom stereocenters. The molecule has 0 aromatic carbocycles. The van der Waals surface area contributed by atoms with Crippen LogP contribution in [0.25, 0.3) is 0 Å². The van der Waals surface area contributed by atoms with Crippen LogP contribution in [0.3, 0.4) is 0 Å². The molecule has 3 nitrogen and oxygen atoms in total. The highest BCUT2D eigenvalue weighted by Gasteiger charge is 2.41. The van der Waals surface area contributed by atoms with Crippen molar-refractivity contribution in [3.05, 3.63) is 0 Å². The minimum atomic E-state index is -4.57. The SMILES string of the molecule is CC(C)(C)S(=O)(=O)N(CCCl)CC(F)(F)F. The smallest absolute Gasteiger partial charge is 0.212 e. The van der Waals surface area contributed by atoms with Crippen LogP contribution in [0.15, 0.2) is 0 Å². The summed E-state index contributed by atoms with van der Waals surface area (Å²) in [4.78, 5) is 0. The Balaban J connectivity index is 5.08. The van der Waals surface area contributed by atoms with Crippen molar-refractivity contribution in [2.75, 3.05) is 19.0 Å². The van der Waals surface area contributed by atoms with Crippen molar-refractivity contribution < 1.29 is 21.6 Å². The van der Waals surface area contributed by atoms with E-state index in [-0.39, 0.29) is 12.4 Å². The van der Waals surface area contributed by atoms with Gasteiger partial charge in [-0.05, 0) is 20.8 Å². The summed E-state index contributed by atoms with van der Waals surface area (Å²) in [5, 5.41) is 0. The van der Waals surface area contributed by atoms with Crippen LogP contribution in [0.2, 0.25) is 0 Å². The second-order valence-corrected chi connectivity index (χ2v) is 7.32. The lowest BCUT2D eigenvalue weighted by molar-refractivity contribution is -0.135. The van der Waals surface area contributed by atoms with Gasteiger partial charge < -0.3 is 0 Å². The Morgan fingerprint density at radius 2 is 1.62 bits per heavy atom. The normalized spacial score (nSPS) is 14.5. The number of alkyl halides is 4. The highest BCUT2D eigenvalue weighted by molar-refractivity contribution is 7.90. The molecule has 0 aromatic rings. The first-order valence-electron chi connectivity index (χ1n) is 4.54. The number of sulfonamides is 1. The highest BCUT2D eigenvalue weighted by atomic mass is 35.5. The number of rotatable bonds is 4. The van der Waals surface area contributed by atoms with Crippen molar-refractivity contribution in [1.82, 2.24) is 4.31 Å². The fraction of sp³-hybridized carbons (Fsp3) is 1.00. The molecule has 0 saturated carbocycles. The predicted molar refractivity (Wildman–Crippen MR) is 57.0 cm³/mol. The number of halogens is 4. The fourth-order valence-corrected chi connectivity index (χ4v) is 2.69. The molecule has 0 spiro atoms. The zero-order valence-electron chi connectivity index (χ0n) is 9.31. The largest absolute Gasteiger partial charge is 0.402 e. The first-order chi connectivity index (χ1) is 6.92. The minimum Gasteiger partial charge on any atom is -0.212 e. The summed E-state index contributed by atoms with van der Waals surface area (Å²) in [6, 6.07) is 0. The van der Waals surface area contributed by atoms with Gasteiger partial charge in [0, 0.05) is 12.4 Å². The van der Waals surface area contributed by atoms with Crippen LogP contribution in [0.1, 0.15) is 20.8 Å². The van der Waals surface area contributed by atoms with E-state index in [0.717, 1.165) is 0 Å². The van der Waals surface area contributed by atoms with Crippen LogP contribution < -0.4 is 0 Å². The van der Waals surface area contributed by atoms with E-state index in [2.05, 4.69) is 0 Å². The molecular weight excluding hydrogens is 267 g/mol. The summed E-state index contributed by atoms with van der Waals surface area (Å²) in [7, 11) is -4.00. The van der Waals surface area contributed by atoms with Gasteiger partial charge in [0.25, 0.3) is 0 Å². The standard InChI is InChI=1S/C8H15ClF3NO2S/c1-7(2,3)16(14,15)13(5-4-9)6-8(10,11)12/h4-6H2,1-3H3. The van der Waals surface area contributed by atoms with Gasteiger partial charge in [0.2, 0.25) is 10.0 Å². The van der Waals surface area contributed by atoms with Gasteiger partial charge in [-0.1, -0.05) is 0 Å². The zero-order valence-corrected chi connectivity index (χ0v) is 10.9. The Morgan fingerprint density at radius 1 is 1.19 bits per heavy atom. The maximum absolute atomic E-state index is 12.2. The molecule has 0 rings (SSSR count). The van der Waals surface area contributed by atoms with Gasteiger partial charge >= 0.3 is 6.18 Å². The Bertz CT molecular complexity index is 321. The van der Waals surface area contributed by atoms with Crippen LogP contribution >= 0.6 is 11.6 Å². The molecule has 0 saturated heterocycles. The van der Waals surface area contributed by atoms with Crippen molar-refractivity contribution in [1.29, 1.82) is 0 Å². The number of nitrogens with zero attached hydrogens (tertiary/aromatic N) is 1. The molecule has 8 heteroatoms. The van der Waals surface area contributed by atoms with Crippen molar-refractivity contribution in [3.63, 3.8) is 0 Å². The van der Waals surface area contributed by atoms with E-state index in [9.17, 15) is 21.6 Å². The molecular formula is C8H15ClF3NO2S. The third-order valence-corrected chi connectivity index (χ3v) is 4.51. The third kappa shape index (κ3) is 4.47. The van der Waals surface area contributed by atoms with E-state index < -0.39 is 27.5 Å². The summed E-state index contributed by atoms with van der Waals surface area (Å²) in [5.41, 5.74) is 0. The lowest BCUT2D eigenvalue weighted by Crippen LogP contribution is -2.47. The molecule has 0 aliphatic heterocycles. The van der Waals surface area contributed by atoms with Crippen molar-refractivity contribution in [3.8, 4) is 0 Å². The van der Waals surface area contributed by atoms with E-state index in [1.165, 1.54) is 20.8 Å². The molecule has 0 amide bonds. The molecule has 0 fully saturated rings. The van der Waals surface area contributed by atoms with Crippen LogP contribution in [-0.2, 0) is 10.0 Å². The van der Waals surface area contributed by atoms with E-state index in [4.69, 9.17) is 11.6 Å². The van der Waals surface area contributed by atoms with Gasteiger partial charge in [-0.25, -0.2) is 8.42 Å². The topological polar surface area (TPSA) is 37.4 Å². The lowest BCUT2D eigenvalue weighted by Gasteiger charge is -2.29. The maximum atomic E-state index is 12.2. The van der Waals surface area contributed by atoms with Crippen LogP contribution in [0, 0.1) is 0 Å². The van der Waals surface area contributed by atoms with Gasteiger partial charge in [-0.15, -0.1) is 11.6 Å². The molecule has 16 heavy (non-hydrogen) atoms. The Hall–Kier alpha value is -0.0100. The fourth-order valence-electron chi connectivity index (χ4n) is 0.966. The van der Waals surface area contributed by atoms with Gasteiger partial charge in [0.15, 0.2) is 0 Å². The summed E-state index contributed by atoms with van der Waals surface area (Å²) in [6.07, 6.45) is -4.57. The third-order valence-electron chi connectivity index (χ3n) is 1.80. The zero-order chi connectivity index (χ0) is 13.2. The van der Waals surface area contributed by atoms with Crippen molar-refractivity contribution in [2.24, 2.45) is 0 Å². The minimum absolute atomic E-state index is 0.175. The number of hydrogen-bond acceptors (Lipinski definition) is 2. The van der Waals surface area contributed by atoms with Crippen molar-refractivity contribution >= 4 is 21.6 Å². The monoisotopic (exact) mass is 281 g/mol. The Labute approximate surface area is 98.6 Å². The van der Waals surface area contributed by atoms with Gasteiger partial charge in [0.1, 0.15) is 6.54 Å². The van der Waals surface area contributed by atoms with Crippen molar-refractivity contribution in [2.45, 2.75) is 31.7 Å². The maximum Gasteiger partial charge on any atom is 0.402 e. The van der Waals surface area contributed by atoms with Crippen LogP contribution in [0.5, 0.6) is 0 Å². The predicted octanol–water partition coefficient (Wildman–Crippen LogP) is 2.22. The first kappa shape index (κ1) is 16.0. The lowest BCUT2D eigenvalue weighted by atomic mass is 10.3. The first-order valence-corrected chi connectivity index (χ1v) is 6.51. The second-order valence-electron chi connectivity index (χ2n) is 4.26. The quantitative estimate of drug-likeness (QED) is 0.741. The molecule has 0 bridgehead atoms. The molecule has 0 aliphatic carbocycles. The summed E-state index contributed by atoms with van der Waals surface area (Å²) in [5.74, 6) is -0.175. The Morgan fingerprint density at radius 3 is 1.88 bits per heavy atom. The van der Waals surface area contributed by atoms with Crippen LogP contribution in [-0.4, -0.2) is 42.6 Å². The van der Waals surface area contributed by atoms with Gasteiger partial charge in [0.05, 0.1) is 4.75 Å². The molecule has 0 aromatic heterocycles. The van der Waals surface area contributed by atoms with E-state index in [1.54, 1.807) is 0 Å². The Kier molecular flexibility index (Phi) is 5.09. The molecule has 0 N–H and O–H groups in total. The molecule has 98 valence electrons. The molecule has 0 radical (unpaired) electrons.